The predicted molar refractivity (Wildman–Crippen MR) is 111 cm³/mol. The first kappa shape index (κ1) is 18.3. The number of allylic oxidation sites excluding steroid dienone is 2. The van der Waals surface area contributed by atoms with Crippen molar-refractivity contribution >= 4 is 34.7 Å². The molecule has 0 amide bonds. The van der Waals surface area contributed by atoms with Crippen molar-refractivity contribution in [2.75, 3.05) is 11.1 Å². The number of H-pyrrole nitrogens is 1. The lowest BCUT2D eigenvalue weighted by atomic mass is 9.70. The van der Waals surface area contributed by atoms with E-state index in [4.69, 9.17) is 0 Å². The van der Waals surface area contributed by atoms with Crippen molar-refractivity contribution < 1.29 is 4.79 Å². The molecule has 3 heterocycles. The van der Waals surface area contributed by atoms with Crippen molar-refractivity contribution in [3.05, 3.63) is 62.2 Å². The van der Waals surface area contributed by atoms with Gasteiger partial charge in [0.2, 0.25) is 0 Å². The molecule has 4 rings (SSSR count). The van der Waals surface area contributed by atoms with Crippen LogP contribution in [0.15, 0.2) is 51.4 Å². The fraction of sp³-hybridized carbons (Fsp3) is 0.350. The summed E-state index contributed by atoms with van der Waals surface area (Å²) in [5.41, 5.74) is 1.86. The van der Waals surface area contributed by atoms with Crippen molar-refractivity contribution in [1.82, 2.24) is 9.97 Å². The minimum Gasteiger partial charge on any atom is -0.343 e. The number of carbonyl (C=O) groups excluding carboxylic acids is 1. The van der Waals surface area contributed by atoms with Crippen LogP contribution in [0.5, 0.6) is 0 Å². The third-order valence-electron chi connectivity index (χ3n) is 4.87. The number of fused-ring (bicyclic) bond motifs is 1. The molecular weight excluding hydrogens is 378 g/mol. The number of thiophene rings is 1. The van der Waals surface area contributed by atoms with E-state index in [1.807, 2.05) is 17.5 Å². The summed E-state index contributed by atoms with van der Waals surface area (Å²) < 4.78 is 0. The standard InChI is InChI=1S/C20H21N3O2S2/c1-4-7-27-19-22-17-16(18(25)23-19)15(13-6-5-8-26-13)14-11(21-17)9-20(2,3)10-12(14)24/h4-6,8,15H,1,7,9-10H2,2-3H3,(H2,21,22,23,25). The Morgan fingerprint density at radius 2 is 2.22 bits per heavy atom. The number of ketones is 1. The molecule has 0 aromatic carbocycles. The van der Waals surface area contributed by atoms with Crippen LogP contribution in [0.1, 0.15) is 43.0 Å². The fourth-order valence-electron chi connectivity index (χ4n) is 3.84. The molecule has 2 aromatic heterocycles. The topological polar surface area (TPSA) is 74.8 Å². The summed E-state index contributed by atoms with van der Waals surface area (Å²) in [5, 5.41) is 5.86. The van der Waals surface area contributed by atoms with Gasteiger partial charge >= 0.3 is 0 Å². The predicted octanol–water partition coefficient (Wildman–Crippen LogP) is 4.31. The number of nitrogens with zero attached hydrogens (tertiary/aromatic N) is 1. The molecule has 1 unspecified atom stereocenters. The number of nitrogens with one attached hydrogen (secondary N) is 2. The van der Waals surface area contributed by atoms with Gasteiger partial charge in [0.05, 0.1) is 11.5 Å². The summed E-state index contributed by atoms with van der Waals surface area (Å²) in [6, 6.07) is 3.94. The van der Waals surface area contributed by atoms with Crippen LogP contribution in [0.4, 0.5) is 5.82 Å². The number of carbonyl (C=O) groups is 1. The van der Waals surface area contributed by atoms with Gasteiger partial charge in [-0.25, -0.2) is 4.98 Å². The van der Waals surface area contributed by atoms with E-state index in [1.165, 1.54) is 11.8 Å². The summed E-state index contributed by atoms with van der Waals surface area (Å²) in [6.07, 6.45) is 3.03. The van der Waals surface area contributed by atoms with E-state index in [9.17, 15) is 9.59 Å². The van der Waals surface area contributed by atoms with Crippen molar-refractivity contribution in [3.8, 4) is 0 Å². The van der Waals surface area contributed by atoms with Crippen LogP contribution in [-0.2, 0) is 4.79 Å². The highest BCUT2D eigenvalue weighted by Gasteiger charge is 2.42. The molecule has 0 fully saturated rings. The maximum absolute atomic E-state index is 13.0. The Kier molecular flexibility index (Phi) is 4.60. The second-order valence-electron chi connectivity index (χ2n) is 7.64. The third kappa shape index (κ3) is 3.30. The molecule has 2 aromatic rings. The van der Waals surface area contributed by atoms with Gasteiger partial charge in [0.15, 0.2) is 10.9 Å². The Labute approximate surface area is 166 Å². The van der Waals surface area contributed by atoms with E-state index < -0.39 is 0 Å². The first-order valence-electron chi connectivity index (χ1n) is 8.84. The van der Waals surface area contributed by atoms with Crippen LogP contribution in [-0.4, -0.2) is 21.5 Å². The second kappa shape index (κ2) is 6.80. The van der Waals surface area contributed by atoms with Crippen LogP contribution < -0.4 is 10.9 Å². The van der Waals surface area contributed by atoms with Gasteiger partial charge in [-0.2, -0.15) is 0 Å². The number of rotatable bonds is 4. The molecule has 27 heavy (non-hydrogen) atoms. The number of anilines is 1. The number of hydrogen-bond donors (Lipinski definition) is 2. The van der Waals surface area contributed by atoms with E-state index in [0.717, 1.165) is 22.6 Å². The smallest absolute Gasteiger partial charge is 0.257 e. The van der Waals surface area contributed by atoms with Crippen LogP contribution in [0.3, 0.4) is 0 Å². The van der Waals surface area contributed by atoms with Crippen LogP contribution >= 0.6 is 23.1 Å². The normalized spacial score (nSPS) is 20.7. The molecule has 5 nitrogen and oxygen atoms in total. The van der Waals surface area contributed by atoms with Gasteiger partial charge in [-0.1, -0.05) is 37.8 Å². The molecule has 140 valence electrons. The van der Waals surface area contributed by atoms with Crippen LogP contribution in [0.25, 0.3) is 0 Å². The van der Waals surface area contributed by atoms with Gasteiger partial charge in [-0.15, -0.1) is 17.9 Å². The SMILES string of the molecule is C=CCSc1nc2c(c(=O)[nH]1)C(c1cccs1)C1=C(CC(C)(C)CC1=O)N2. The average Bonchev–Trinajstić information content (AvgIpc) is 3.11. The molecule has 0 saturated heterocycles. The van der Waals surface area contributed by atoms with Gasteiger partial charge in [0.1, 0.15) is 5.82 Å². The van der Waals surface area contributed by atoms with Crippen LogP contribution in [0, 0.1) is 5.41 Å². The highest BCUT2D eigenvalue weighted by atomic mass is 32.2. The third-order valence-corrected chi connectivity index (χ3v) is 6.67. The Morgan fingerprint density at radius 1 is 1.41 bits per heavy atom. The monoisotopic (exact) mass is 399 g/mol. The molecule has 7 heteroatoms. The molecule has 1 aliphatic carbocycles. The van der Waals surface area contributed by atoms with Crippen molar-refractivity contribution in [2.45, 2.75) is 37.8 Å². The Morgan fingerprint density at radius 3 is 2.93 bits per heavy atom. The van der Waals surface area contributed by atoms with Crippen LogP contribution in [0.2, 0.25) is 0 Å². The largest absolute Gasteiger partial charge is 0.343 e. The molecule has 1 atom stereocenters. The summed E-state index contributed by atoms with van der Waals surface area (Å²) in [4.78, 5) is 34.5. The zero-order valence-corrected chi connectivity index (χ0v) is 16.9. The maximum atomic E-state index is 13.0. The minimum absolute atomic E-state index is 0.109. The van der Waals surface area contributed by atoms with Gasteiger partial charge < -0.3 is 10.3 Å². The molecule has 0 saturated carbocycles. The highest BCUT2D eigenvalue weighted by Crippen LogP contribution is 2.48. The molecule has 2 N–H and O–H groups in total. The van der Waals surface area contributed by atoms with E-state index in [0.29, 0.717) is 28.7 Å². The minimum atomic E-state index is -0.352. The molecule has 0 radical (unpaired) electrons. The lowest BCUT2D eigenvalue weighted by Gasteiger charge is -2.38. The molecular formula is C20H21N3O2S2. The number of Topliss-reactive ketones (excluding diaryl/α,β-unsaturated/α-hetero) is 1. The molecule has 1 aliphatic heterocycles. The van der Waals surface area contributed by atoms with Crippen molar-refractivity contribution in [2.24, 2.45) is 5.41 Å². The van der Waals surface area contributed by atoms with Crippen molar-refractivity contribution in [1.29, 1.82) is 0 Å². The zero-order valence-electron chi connectivity index (χ0n) is 15.3. The lowest BCUT2D eigenvalue weighted by molar-refractivity contribution is -0.118. The number of thioether (sulfide) groups is 1. The number of aromatic amines is 1. The number of hydrogen-bond acceptors (Lipinski definition) is 6. The Hall–Kier alpha value is -2.12. The summed E-state index contributed by atoms with van der Waals surface area (Å²) in [7, 11) is 0. The highest BCUT2D eigenvalue weighted by molar-refractivity contribution is 7.99. The van der Waals surface area contributed by atoms with Gasteiger partial charge in [-0.05, 0) is 23.3 Å². The summed E-state index contributed by atoms with van der Waals surface area (Å²) in [5.74, 6) is 0.986. The molecule has 2 aliphatic rings. The van der Waals surface area contributed by atoms with Gasteiger partial charge in [0.25, 0.3) is 5.56 Å². The first-order valence-corrected chi connectivity index (χ1v) is 10.7. The first-order chi connectivity index (χ1) is 12.9. The van der Waals surface area contributed by atoms with E-state index >= 15 is 0 Å². The quantitative estimate of drug-likeness (QED) is 0.455. The Bertz CT molecular complexity index is 1000. The second-order valence-corrected chi connectivity index (χ2v) is 9.63. The zero-order chi connectivity index (χ0) is 19.2. The lowest BCUT2D eigenvalue weighted by Crippen LogP contribution is -2.36. The van der Waals surface area contributed by atoms with E-state index in [-0.39, 0.29) is 22.7 Å². The molecule has 0 spiro atoms. The summed E-state index contributed by atoms with van der Waals surface area (Å²) >= 11 is 2.99. The maximum Gasteiger partial charge on any atom is 0.257 e. The summed E-state index contributed by atoms with van der Waals surface area (Å²) in [6.45, 7) is 7.91. The van der Waals surface area contributed by atoms with E-state index in [1.54, 1.807) is 17.4 Å². The number of aromatic nitrogens is 2. The Balaban J connectivity index is 1.90. The van der Waals surface area contributed by atoms with Gasteiger partial charge in [-0.3, -0.25) is 9.59 Å². The molecule has 0 bridgehead atoms. The van der Waals surface area contributed by atoms with E-state index in [2.05, 4.69) is 35.7 Å². The van der Waals surface area contributed by atoms with Gasteiger partial charge in [0, 0.05) is 28.3 Å². The average molecular weight is 400 g/mol. The van der Waals surface area contributed by atoms with Crippen molar-refractivity contribution in [3.63, 3.8) is 0 Å². The fourth-order valence-corrected chi connectivity index (χ4v) is 5.28.